The molecule has 0 spiro atoms. The highest BCUT2D eigenvalue weighted by Gasteiger charge is 2.07. The van der Waals surface area contributed by atoms with Crippen molar-refractivity contribution < 1.29 is 0 Å². The number of hydrogen-bond acceptors (Lipinski definition) is 5. The summed E-state index contributed by atoms with van der Waals surface area (Å²) in [5, 5.41) is 8.84. The lowest BCUT2D eigenvalue weighted by molar-refractivity contribution is 0.258. The number of rotatable bonds is 7. The Balaban J connectivity index is 2.31. The summed E-state index contributed by atoms with van der Waals surface area (Å²) < 4.78 is 0.527. The molecule has 0 aromatic carbocycles. The van der Waals surface area contributed by atoms with E-state index in [9.17, 15) is 0 Å². The summed E-state index contributed by atoms with van der Waals surface area (Å²) in [6, 6.07) is 0. The highest BCUT2D eigenvalue weighted by atomic mass is 35.5. The van der Waals surface area contributed by atoms with Gasteiger partial charge in [0.25, 0.3) is 0 Å². The highest BCUT2D eigenvalue weighted by molar-refractivity contribution is 7.15. The molecule has 0 amide bonds. The van der Waals surface area contributed by atoms with Crippen LogP contribution in [0.3, 0.4) is 0 Å². The normalized spacial score (nSPS) is 11.6. The van der Waals surface area contributed by atoms with Gasteiger partial charge in [-0.25, -0.2) is 0 Å². The van der Waals surface area contributed by atoms with Crippen LogP contribution in [0.1, 0.15) is 18.4 Å². The molecule has 16 heavy (non-hydrogen) atoms. The minimum atomic E-state index is 0.527. The number of hydrogen-bond donors (Lipinski definition) is 0. The van der Waals surface area contributed by atoms with Crippen molar-refractivity contribution in [1.82, 2.24) is 20.0 Å². The Hall–Kier alpha value is -0.230. The Bertz CT molecular complexity index is 303. The molecule has 0 aliphatic heterocycles. The van der Waals surface area contributed by atoms with Gasteiger partial charge < -0.3 is 4.90 Å². The molecule has 0 aliphatic rings. The molecule has 0 atom stereocenters. The molecule has 1 aromatic heterocycles. The lowest BCUT2D eigenvalue weighted by Crippen LogP contribution is -2.26. The van der Waals surface area contributed by atoms with Crippen LogP contribution in [0.4, 0.5) is 0 Å². The van der Waals surface area contributed by atoms with Gasteiger partial charge in [-0.1, -0.05) is 18.3 Å². The standard InChI is InChI=1S/C10H19ClN4S/c1-4-15(7-5-6-14(2)3)8-9-12-13-10(11)16-9/h4-8H2,1-3H3. The number of halogens is 1. The molecule has 0 saturated heterocycles. The van der Waals surface area contributed by atoms with Crippen molar-refractivity contribution in [1.29, 1.82) is 0 Å². The Morgan fingerprint density at radius 3 is 2.50 bits per heavy atom. The Labute approximate surface area is 106 Å². The minimum absolute atomic E-state index is 0.527. The lowest BCUT2D eigenvalue weighted by atomic mass is 10.3. The fourth-order valence-electron chi connectivity index (χ4n) is 1.45. The van der Waals surface area contributed by atoms with Crippen molar-refractivity contribution in [3.8, 4) is 0 Å². The van der Waals surface area contributed by atoms with E-state index in [1.807, 2.05) is 0 Å². The van der Waals surface area contributed by atoms with E-state index in [1.165, 1.54) is 17.8 Å². The molecule has 92 valence electrons. The van der Waals surface area contributed by atoms with Gasteiger partial charge >= 0.3 is 0 Å². The third-order valence-electron chi connectivity index (χ3n) is 2.33. The summed E-state index contributed by atoms with van der Waals surface area (Å²) in [6.07, 6.45) is 1.17. The van der Waals surface area contributed by atoms with Gasteiger partial charge in [0.1, 0.15) is 5.01 Å². The van der Waals surface area contributed by atoms with Crippen LogP contribution in [-0.2, 0) is 6.54 Å². The van der Waals surface area contributed by atoms with E-state index < -0.39 is 0 Å². The molecular formula is C10H19ClN4S. The summed E-state index contributed by atoms with van der Waals surface area (Å²) in [5.41, 5.74) is 0. The maximum atomic E-state index is 5.75. The van der Waals surface area contributed by atoms with Gasteiger partial charge in [-0.05, 0) is 51.8 Å². The third kappa shape index (κ3) is 5.21. The smallest absolute Gasteiger partial charge is 0.207 e. The van der Waals surface area contributed by atoms with E-state index in [1.54, 1.807) is 0 Å². The molecule has 0 fully saturated rings. The number of nitrogens with zero attached hydrogens (tertiary/aromatic N) is 4. The van der Waals surface area contributed by atoms with Crippen LogP contribution < -0.4 is 0 Å². The first-order chi connectivity index (χ1) is 7.61. The fraction of sp³-hybridized carbons (Fsp3) is 0.800. The molecule has 0 radical (unpaired) electrons. The molecule has 0 aliphatic carbocycles. The zero-order valence-electron chi connectivity index (χ0n) is 10.1. The zero-order valence-corrected chi connectivity index (χ0v) is 11.7. The highest BCUT2D eigenvalue weighted by Crippen LogP contribution is 2.16. The van der Waals surface area contributed by atoms with Crippen molar-refractivity contribution in [2.75, 3.05) is 33.7 Å². The molecule has 4 nitrogen and oxygen atoms in total. The van der Waals surface area contributed by atoms with Crippen molar-refractivity contribution in [3.63, 3.8) is 0 Å². The van der Waals surface area contributed by atoms with Crippen LogP contribution in [0.5, 0.6) is 0 Å². The topological polar surface area (TPSA) is 32.3 Å². The summed E-state index contributed by atoms with van der Waals surface area (Å²) in [7, 11) is 4.20. The zero-order chi connectivity index (χ0) is 12.0. The van der Waals surface area contributed by atoms with Crippen molar-refractivity contribution >= 4 is 22.9 Å². The van der Waals surface area contributed by atoms with Crippen molar-refractivity contribution in [2.24, 2.45) is 0 Å². The van der Waals surface area contributed by atoms with E-state index in [-0.39, 0.29) is 0 Å². The summed E-state index contributed by atoms with van der Waals surface area (Å²) in [4.78, 5) is 4.57. The molecule has 0 unspecified atom stereocenters. The molecule has 1 rings (SSSR count). The third-order valence-corrected chi connectivity index (χ3v) is 3.33. The largest absolute Gasteiger partial charge is 0.309 e. The Morgan fingerprint density at radius 1 is 1.25 bits per heavy atom. The summed E-state index contributed by atoms with van der Waals surface area (Å²) in [5.74, 6) is 0. The van der Waals surface area contributed by atoms with E-state index >= 15 is 0 Å². The Morgan fingerprint density at radius 2 is 2.00 bits per heavy atom. The average molecular weight is 263 g/mol. The molecule has 6 heteroatoms. The van der Waals surface area contributed by atoms with E-state index in [2.05, 4.69) is 41.0 Å². The van der Waals surface area contributed by atoms with Gasteiger partial charge in [0.2, 0.25) is 4.47 Å². The maximum Gasteiger partial charge on any atom is 0.207 e. The van der Waals surface area contributed by atoms with Gasteiger partial charge in [-0.2, -0.15) is 0 Å². The van der Waals surface area contributed by atoms with Crippen LogP contribution in [0.2, 0.25) is 4.47 Å². The van der Waals surface area contributed by atoms with Crippen LogP contribution in [0.25, 0.3) is 0 Å². The van der Waals surface area contributed by atoms with E-state index in [4.69, 9.17) is 11.6 Å². The van der Waals surface area contributed by atoms with E-state index in [0.717, 1.165) is 31.2 Å². The second-order valence-corrected chi connectivity index (χ2v) is 5.62. The van der Waals surface area contributed by atoms with Crippen LogP contribution in [-0.4, -0.2) is 53.7 Å². The predicted octanol–water partition coefficient (Wildman–Crippen LogP) is 1.97. The Kier molecular flexibility index (Phi) is 6.20. The first-order valence-electron chi connectivity index (χ1n) is 5.46. The van der Waals surface area contributed by atoms with Crippen LogP contribution in [0.15, 0.2) is 0 Å². The van der Waals surface area contributed by atoms with Gasteiger partial charge in [-0.3, -0.25) is 4.90 Å². The molecule has 1 heterocycles. The van der Waals surface area contributed by atoms with Crippen LogP contribution >= 0.6 is 22.9 Å². The first kappa shape index (κ1) is 13.8. The molecule has 1 aromatic rings. The number of aromatic nitrogens is 2. The second-order valence-electron chi connectivity index (χ2n) is 3.97. The molecule has 0 N–H and O–H groups in total. The van der Waals surface area contributed by atoms with Crippen molar-refractivity contribution in [3.05, 3.63) is 9.47 Å². The SMILES string of the molecule is CCN(CCCN(C)C)Cc1nnc(Cl)s1. The molecule has 0 saturated carbocycles. The van der Waals surface area contributed by atoms with Crippen LogP contribution in [0, 0.1) is 0 Å². The monoisotopic (exact) mass is 262 g/mol. The van der Waals surface area contributed by atoms with E-state index in [0.29, 0.717) is 4.47 Å². The molecular weight excluding hydrogens is 244 g/mol. The first-order valence-corrected chi connectivity index (χ1v) is 6.66. The van der Waals surface area contributed by atoms with Gasteiger partial charge in [0.15, 0.2) is 0 Å². The summed E-state index contributed by atoms with van der Waals surface area (Å²) in [6.45, 7) is 6.26. The molecule has 0 bridgehead atoms. The predicted molar refractivity (Wildman–Crippen MR) is 69.0 cm³/mol. The summed E-state index contributed by atoms with van der Waals surface area (Å²) >= 11 is 7.21. The quantitative estimate of drug-likeness (QED) is 0.752. The second kappa shape index (κ2) is 7.17. The van der Waals surface area contributed by atoms with Gasteiger partial charge in [0.05, 0.1) is 6.54 Å². The minimum Gasteiger partial charge on any atom is -0.309 e. The lowest BCUT2D eigenvalue weighted by Gasteiger charge is -2.19. The van der Waals surface area contributed by atoms with Gasteiger partial charge in [-0.15, -0.1) is 10.2 Å². The average Bonchev–Trinajstić information content (AvgIpc) is 2.62. The fourth-order valence-corrected chi connectivity index (χ4v) is 2.36. The van der Waals surface area contributed by atoms with Crippen molar-refractivity contribution in [2.45, 2.75) is 19.9 Å². The maximum absolute atomic E-state index is 5.75. The van der Waals surface area contributed by atoms with Gasteiger partial charge in [0, 0.05) is 0 Å².